The van der Waals surface area contributed by atoms with E-state index in [0.717, 1.165) is 19.3 Å². The van der Waals surface area contributed by atoms with Crippen LogP contribution in [0.3, 0.4) is 0 Å². The standard InChI is InChI=1S/C19H27NO4/c1-19(2,3)24-18(22)20-13-7-12-16(20)17(21)23-14-8-11-15-9-5-4-6-10-15/h4-6,9-10,16H,7-8,11-14H2,1-3H3. The van der Waals surface area contributed by atoms with Crippen molar-refractivity contribution in [3.8, 4) is 0 Å². The summed E-state index contributed by atoms with van der Waals surface area (Å²) in [6.07, 6.45) is 2.63. The quantitative estimate of drug-likeness (QED) is 0.611. The van der Waals surface area contributed by atoms with Gasteiger partial charge >= 0.3 is 12.1 Å². The first kappa shape index (κ1) is 18.3. The third-order valence-electron chi connectivity index (χ3n) is 3.85. The minimum absolute atomic E-state index is 0.327. The van der Waals surface area contributed by atoms with E-state index in [1.165, 1.54) is 10.5 Å². The summed E-state index contributed by atoms with van der Waals surface area (Å²) in [5.41, 5.74) is 0.661. The molecule has 0 saturated carbocycles. The number of likely N-dealkylation sites (tertiary alicyclic amines) is 1. The second-order valence-corrected chi connectivity index (χ2v) is 7.09. The monoisotopic (exact) mass is 333 g/mol. The number of nitrogens with zero attached hydrogens (tertiary/aromatic N) is 1. The van der Waals surface area contributed by atoms with Crippen molar-refractivity contribution in [1.29, 1.82) is 0 Å². The van der Waals surface area contributed by atoms with Gasteiger partial charge in [-0.05, 0) is 52.0 Å². The number of hydrogen-bond acceptors (Lipinski definition) is 4. The van der Waals surface area contributed by atoms with Gasteiger partial charge in [0, 0.05) is 6.54 Å². The van der Waals surface area contributed by atoms with Gasteiger partial charge < -0.3 is 9.47 Å². The second kappa shape index (κ2) is 8.18. The Bertz CT molecular complexity index is 550. The second-order valence-electron chi connectivity index (χ2n) is 7.09. The molecule has 1 saturated heterocycles. The fourth-order valence-electron chi connectivity index (χ4n) is 2.74. The van der Waals surface area contributed by atoms with Crippen molar-refractivity contribution in [1.82, 2.24) is 4.90 Å². The zero-order valence-electron chi connectivity index (χ0n) is 14.8. The molecule has 1 amide bonds. The molecule has 5 heteroatoms. The van der Waals surface area contributed by atoms with Gasteiger partial charge in [0.1, 0.15) is 11.6 Å². The topological polar surface area (TPSA) is 55.8 Å². The highest BCUT2D eigenvalue weighted by Crippen LogP contribution is 2.22. The largest absolute Gasteiger partial charge is 0.464 e. The molecule has 2 rings (SSSR count). The maximum absolute atomic E-state index is 12.3. The highest BCUT2D eigenvalue weighted by molar-refractivity contribution is 5.82. The van der Waals surface area contributed by atoms with E-state index in [2.05, 4.69) is 12.1 Å². The van der Waals surface area contributed by atoms with Gasteiger partial charge in [0.15, 0.2) is 0 Å². The highest BCUT2D eigenvalue weighted by atomic mass is 16.6. The third-order valence-corrected chi connectivity index (χ3v) is 3.85. The van der Waals surface area contributed by atoms with Crippen molar-refractivity contribution in [3.63, 3.8) is 0 Å². The lowest BCUT2D eigenvalue weighted by atomic mass is 10.1. The molecule has 1 aromatic carbocycles. The van der Waals surface area contributed by atoms with Crippen LogP contribution in [0.25, 0.3) is 0 Å². The number of hydrogen-bond donors (Lipinski definition) is 0. The maximum atomic E-state index is 12.3. The molecule has 132 valence electrons. The summed E-state index contributed by atoms with van der Waals surface area (Å²) in [5, 5.41) is 0. The predicted octanol–water partition coefficient (Wildman–Crippen LogP) is 3.56. The molecular formula is C19H27NO4. The first-order valence-electron chi connectivity index (χ1n) is 8.57. The number of benzene rings is 1. The van der Waals surface area contributed by atoms with Crippen LogP contribution >= 0.6 is 0 Å². The number of amides is 1. The van der Waals surface area contributed by atoms with Crippen molar-refractivity contribution in [2.75, 3.05) is 13.2 Å². The van der Waals surface area contributed by atoms with E-state index in [1.807, 2.05) is 39.0 Å². The zero-order chi connectivity index (χ0) is 17.6. The summed E-state index contributed by atoms with van der Waals surface area (Å²) in [6.45, 7) is 6.36. The lowest BCUT2D eigenvalue weighted by Crippen LogP contribution is -2.44. The van der Waals surface area contributed by atoms with Crippen LogP contribution in [0.2, 0.25) is 0 Å². The number of ether oxygens (including phenoxy) is 2. The molecule has 0 spiro atoms. The summed E-state index contributed by atoms with van der Waals surface area (Å²) < 4.78 is 10.7. The molecule has 1 aromatic rings. The summed E-state index contributed by atoms with van der Waals surface area (Å²) in [4.78, 5) is 25.9. The van der Waals surface area contributed by atoms with Crippen LogP contribution in [-0.2, 0) is 20.7 Å². The van der Waals surface area contributed by atoms with Crippen LogP contribution < -0.4 is 0 Å². The molecule has 0 N–H and O–H groups in total. The third kappa shape index (κ3) is 5.55. The molecule has 0 aliphatic carbocycles. The molecule has 1 unspecified atom stereocenters. The van der Waals surface area contributed by atoms with Gasteiger partial charge in [-0.15, -0.1) is 0 Å². The van der Waals surface area contributed by atoms with Gasteiger partial charge in [-0.3, -0.25) is 4.90 Å². The number of aryl methyl sites for hydroxylation is 1. The van der Waals surface area contributed by atoms with Gasteiger partial charge in [0.05, 0.1) is 6.61 Å². The zero-order valence-corrected chi connectivity index (χ0v) is 14.8. The Morgan fingerprint density at radius 3 is 2.58 bits per heavy atom. The highest BCUT2D eigenvalue weighted by Gasteiger charge is 2.37. The minimum atomic E-state index is -0.566. The Morgan fingerprint density at radius 2 is 1.92 bits per heavy atom. The summed E-state index contributed by atoms with van der Waals surface area (Å²) in [5.74, 6) is -0.327. The summed E-state index contributed by atoms with van der Waals surface area (Å²) >= 11 is 0. The van der Waals surface area contributed by atoms with Crippen LogP contribution in [0.15, 0.2) is 30.3 Å². The first-order chi connectivity index (χ1) is 11.4. The molecule has 24 heavy (non-hydrogen) atoms. The molecule has 1 aliphatic heterocycles. The van der Waals surface area contributed by atoms with Gasteiger partial charge in [0.25, 0.3) is 0 Å². The molecular weight excluding hydrogens is 306 g/mol. The molecule has 1 heterocycles. The van der Waals surface area contributed by atoms with Crippen molar-refractivity contribution in [2.24, 2.45) is 0 Å². The van der Waals surface area contributed by atoms with E-state index < -0.39 is 17.7 Å². The lowest BCUT2D eigenvalue weighted by Gasteiger charge is -2.27. The van der Waals surface area contributed by atoms with Crippen LogP contribution in [-0.4, -0.2) is 41.8 Å². The Kier molecular flexibility index (Phi) is 6.23. The van der Waals surface area contributed by atoms with E-state index in [1.54, 1.807) is 0 Å². The number of carbonyl (C=O) groups is 2. The summed E-state index contributed by atoms with van der Waals surface area (Å²) in [7, 11) is 0. The Morgan fingerprint density at radius 1 is 1.21 bits per heavy atom. The van der Waals surface area contributed by atoms with Gasteiger partial charge in [0.2, 0.25) is 0 Å². The Hall–Kier alpha value is -2.04. The molecule has 0 bridgehead atoms. The van der Waals surface area contributed by atoms with E-state index in [4.69, 9.17) is 9.47 Å². The van der Waals surface area contributed by atoms with Gasteiger partial charge in [-0.25, -0.2) is 9.59 Å². The molecule has 1 atom stereocenters. The molecule has 1 aliphatic rings. The molecule has 1 fully saturated rings. The van der Waals surface area contributed by atoms with E-state index in [0.29, 0.717) is 19.6 Å². The van der Waals surface area contributed by atoms with Crippen LogP contribution in [0, 0.1) is 0 Å². The van der Waals surface area contributed by atoms with Crippen molar-refractivity contribution < 1.29 is 19.1 Å². The van der Waals surface area contributed by atoms with Crippen molar-refractivity contribution >= 4 is 12.1 Å². The van der Waals surface area contributed by atoms with Crippen LogP contribution in [0.1, 0.15) is 45.6 Å². The lowest BCUT2D eigenvalue weighted by molar-refractivity contribution is -0.148. The normalized spacial score (nSPS) is 17.6. The van der Waals surface area contributed by atoms with E-state index in [-0.39, 0.29) is 5.97 Å². The summed E-state index contributed by atoms with van der Waals surface area (Å²) in [6, 6.07) is 9.58. The first-order valence-corrected chi connectivity index (χ1v) is 8.57. The smallest absolute Gasteiger partial charge is 0.411 e. The minimum Gasteiger partial charge on any atom is -0.464 e. The van der Waals surface area contributed by atoms with Crippen LogP contribution in [0.4, 0.5) is 4.79 Å². The number of esters is 1. The fraction of sp³-hybridized carbons (Fsp3) is 0.579. The average molecular weight is 333 g/mol. The van der Waals surface area contributed by atoms with E-state index in [9.17, 15) is 9.59 Å². The molecule has 5 nitrogen and oxygen atoms in total. The number of carbonyl (C=O) groups excluding carboxylic acids is 2. The number of rotatable bonds is 5. The Labute approximate surface area is 143 Å². The maximum Gasteiger partial charge on any atom is 0.411 e. The van der Waals surface area contributed by atoms with Crippen LogP contribution in [0.5, 0.6) is 0 Å². The van der Waals surface area contributed by atoms with Crippen molar-refractivity contribution in [2.45, 2.75) is 58.1 Å². The Balaban J connectivity index is 1.77. The predicted molar refractivity (Wildman–Crippen MR) is 91.7 cm³/mol. The SMILES string of the molecule is CC(C)(C)OC(=O)N1CCCC1C(=O)OCCCc1ccccc1. The average Bonchev–Trinajstić information content (AvgIpc) is 3.00. The van der Waals surface area contributed by atoms with Gasteiger partial charge in [-0.1, -0.05) is 30.3 Å². The molecule has 0 radical (unpaired) electrons. The van der Waals surface area contributed by atoms with Crippen molar-refractivity contribution in [3.05, 3.63) is 35.9 Å². The van der Waals surface area contributed by atoms with E-state index >= 15 is 0 Å². The van der Waals surface area contributed by atoms with Gasteiger partial charge in [-0.2, -0.15) is 0 Å². The molecule has 0 aromatic heterocycles. The fourth-order valence-corrected chi connectivity index (χ4v) is 2.74.